The van der Waals surface area contributed by atoms with Gasteiger partial charge in [-0.15, -0.1) is 0 Å². The molecule has 2 rings (SSSR count). The number of Topliss-reactive ketones (excluding diaryl/α,β-unsaturated/α-hetero) is 1. The van der Waals surface area contributed by atoms with Crippen molar-refractivity contribution in [1.29, 1.82) is 0 Å². The molecule has 3 nitrogen and oxygen atoms in total. The molecule has 0 radical (unpaired) electrons. The van der Waals surface area contributed by atoms with Gasteiger partial charge >= 0.3 is 0 Å². The third-order valence-electron chi connectivity index (χ3n) is 3.38. The highest BCUT2D eigenvalue weighted by Crippen LogP contribution is 2.31. The second-order valence-electron chi connectivity index (χ2n) is 4.82. The van der Waals surface area contributed by atoms with Crippen LogP contribution in [0.5, 0.6) is 0 Å². The molecule has 0 saturated carbocycles. The van der Waals surface area contributed by atoms with Crippen LogP contribution in [0.4, 0.5) is 5.69 Å². The number of hydrogen-bond donors (Lipinski definition) is 0. The third kappa shape index (κ3) is 3.08. The van der Waals surface area contributed by atoms with Gasteiger partial charge in [-0.2, -0.15) is 0 Å². The minimum Gasteiger partial charge on any atom is -0.305 e. The molecular formula is C14H15Br2NO2. The van der Waals surface area contributed by atoms with Crippen LogP contribution in [0.3, 0.4) is 0 Å². The van der Waals surface area contributed by atoms with Gasteiger partial charge in [0.1, 0.15) is 0 Å². The van der Waals surface area contributed by atoms with Crippen molar-refractivity contribution in [1.82, 2.24) is 0 Å². The summed E-state index contributed by atoms with van der Waals surface area (Å²) in [4.78, 5) is 25.5. The van der Waals surface area contributed by atoms with Crippen LogP contribution in [0.25, 0.3) is 0 Å². The fraction of sp³-hybridized carbons (Fsp3) is 0.429. The summed E-state index contributed by atoms with van der Waals surface area (Å²) in [5, 5.41) is 0.963. The van der Waals surface area contributed by atoms with Crippen LogP contribution in [0.15, 0.2) is 22.7 Å². The lowest BCUT2D eigenvalue weighted by atomic mass is 10.1. The molecule has 1 aromatic carbocycles. The van der Waals surface area contributed by atoms with Gasteiger partial charge in [0.15, 0.2) is 0 Å². The molecular weight excluding hydrogens is 374 g/mol. The lowest BCUT2D eigenvalue weighted by molar-refractivity contribution is -0.114. The van der Waals surface area contributed by atoms with E-state index in [4.69, 9.17) is 0 Å². The fourth-order valence-corrected chi connectivity index (χ4v) is 3.32. The number of rotatable bonds is 5. The van der Waals surface area contributed by atoms with Crippen LogP contribution in [-0.2, 0) is 4.79 Å². The monoisotopic (exact) mass is 387 g/mol. The summed E-state index contributed by atoms with van der Waals surface area (Å²) in [6.45, 7) is 2.76. The molecule has 1 unspecified atom stereocenters. The van der Waals surface area contributed by atoms with E-state index in [-0.39, 0.29) is 0 Å². The fourth-order valence-electron chi connectivity index (χ4n) is 2.17. The number of ketones is 1. The van der Waals surface area contributed by atoms with Crippen LogP contribution in [0.2, 0.25) is 0 Å². The first kappa shape index (κ1) is 14.7. The molecule has 5 heteroatoms. The minimum absolute atomic E-state index is 0.399. The van der Waals surface area contributed by atoms with Gasteiger partial charge in [0, 0.05) is 16.3 Å². The smallest absolute Gasteiger partial charge is 0.299 e. The van der Waals surface area contributed by atoms with Crippen molar-refractivity contribution < 1.29 is 9.59 Å². The molecule has 1 heterocycles. The van der Waals surface area contributed by atoms with Crippen LogP contribution in [0, 0.1) is 5.92 Å². The Kier molecular flexibility index (Phi) is 4.79. The summed E-state index contributed by atoms with van der Waals surface area (Å²) in [5.74, 6) is -0.273. The average Bonchev–Trinajstić information content (AvgIpc) is 2.61. The third-order valence-corrected chi connectivity index (χ3v) is 4.33. The van der Waals surface area contributed by atoms with Gasteiger partial charge in [0.25, 0.3) is 11.7 Å². The molecule has 0 aliphatic carbocycles. The average molecular weight is 389 g/mol. The molecule has 0 aromatic heterocycles. The van der Waals surface area contributed by atoms with Crippen LogP contribution < -0.4 is 4.90 Å². The Morgan fingerprint density at radius 1 is 1.26 bits per heavy atom. The predicted molar refractivity (Wildman–Crippen MR) is 83.0 cm³/mol. The maximum atomic E-state index is 12.0. The zero-order chi connectivity index (χ0) is 14.0. The number of amides is 1. The van der Waals surface area contributed by atoms with E-state index in [1.54, 1.807) is 11.0 Å². The highest BCUT2D eigenvalue weighted by Gasteiger charge is 2.35. The second-order valence-corrected chi connectivity index (χ2v) is 6.53. The Morgan fingerprint density at radius 2 is 2.00 bits per heavy atom. The summed E-state index contributed by atoms with van der Waals surface area (Å²) in [6, 6.07) is 5.41. The number of anilines is 1. The molecule has 1 amide bonds. The normalized spacial score (nSPS) is 15.8. The molecule has 0 saturated heterocycles. The Morgan fingerprint density at radius 3 is 2.68 bits per heavy atom. The first-order valence-electron chi connectivity index (χ1n) is 6.26. The van der Waals surface area contributed by atoms with Gasteiger partial charge in [0.2, 0.25) is 0 Å². The molecule has 1 aliphatic heterocycles. The van der Waals surface area contributed by atoms with Crippen molar-refractivity contribution in [2.24, 2.45) is 5.92 Å². The largest absolute Gasteiger partial charge is 0.305 e. The second kappa shape index (κ2) is 6.18. The standard InChI is InChI=1S/C14H15Br2NO2/c1-9(4-6-15)5-7-17-12-3-2-10(16)8-11(12)13(18)14(17)19/h2-3,8-9H,4-7H2,1H3. The van der Waals surface area contributed by atoms with E-state index in [1.165, 1.54) is 0 Å². The number of halogens is 2. The minimum atomic E-state index is -0.404. The van der Waals surface area contributed by atoms with E-state index in [2.05, 4.69) is 38.8 Å². The molecule has 1 aromatic rings. The van der Waals surface area contributed by atoms with E-state index < -0.39 is 11.7 Å². The van der Waals surface area contributed by atoms with E-state index in [0.29, 0.717) is 18.0 Å². The Balaban J connectivity index is 2.15. The summed E-state index contributed by atoms with van der Waals surface area (Å²) in [5.41, 5.74) is 1.25. The topological polar surface area (TPSA) is 37.4 Å². The highest BCUT2D eigenvalue weighted by molar-refractivity contribution is 9.10. The van der Waals surface area contributed by atoms with Crippen LogP contribution >= 0.6 is 31.9 Å². The molecule has 0 spiro atoms. The summed E-state index contributed by atoms with van der Waals surface area (Å²) < 4.78 is 0.821. The van der Waals surface area contributed by atoms with Crippen LogP contribution in [0.1, 0.15) is 30.1 Å². The highest BCUT2D eigenvalue weighted by atomic mass is 79.9. The lowest BCUT2D eigenvalue weighted by Crippen LogP contribution is -2.31. The number of nitrogens with zero attached hydrogens (tertiary/aromatic N) is 1. The summed E-state index contributed by atoms with van der Waals surface area (Å²) in [7, 11) is 0. The van der Waals surface area contributed by atoms with Gasteiger partial charge in [-0.05, 0) is 37.0 Å². The van der Waals surface area contributed by atoms with Gasteiger partial charge < -0.3 is 4.90 Å². The first-order valence-corrected chi connectivity index (χ1v) is 8.17. The molecule has 1 atom stereocenters. The number of carbonyl (C=O) groups is 2. The van der Waals surface area contributed by atoms with E-state index in [1.807, 2.05) is 12.1 Å². The van der Waals surface area contributed by atoms with Gasteiger partial charge in [-0.3, -0.25) is 9.59 Å². The molecule has 1 aliphatic rings. The predicted octanol–water partition coefficient (Wildman–Crippen LogP) is 3.79. The maximum absolute atomic E-state index is 12.0. The number of fused-ring (bicyclic) bond motifs is 1. The lowest BCUT2D eigenvalue weighted by Gasteiger charge is -2.18. The quantitative estimate of drug-likeness (QED) is 0.568. The number of alkyl halides is 1. The Labute approximate surface area is 129 Å². The molecule has 0 fully saturated rings. The van der Waals surface area contributed by atoms with E-state index in [0.717, 1.165) is 28.3 Å². The van der Waals surface area contributed by atoms with Crippen molar-refractivity contribution >= 4 is 49.2 Å². The summed E-state index contributed by atoms with van der Waals surface area (Å²) >= 11 is 6.75. The van der Waals surface area contributed by atoms with Crippen molar-refractivity contribution in [2.45, 2.75) is 19.8 Å². The number of carbonyl (C=O) groups excluding carboxylic acids is 2. The van der Waals surface area contributed by atoms with Crippen molar-refractivity contribution in [3.63, 3.8) is 0 Å². The Hall–Kier alpha value is -0.680. The SMILES string of the molecule is CC(CCBr)CCN1C(=O)C(=O)c2cc(Br)ccc21. The van der Waals surface area contributed by atoms with E-state index >= 15 is 0 Å². The van der Waals surface area contributed by atoms with Crippen molar-refractivity contribution in [2.75, 3.05) is 16.8 Å². The van der Waals surface area contributed by atoms with Gasteiger partial charge in [-0.25, -0.2) is 0 Å². The zero-order valence-electron chi connectivity index (χ0n) is 10.7. The maximum Gasteiger partial charge on any atom is 0.299 e. The molecule has 19 heavy (non-hydrogen) atoms. The van der Waals surface area contributed by atoms with E-state index in [9.17, 15) is 9.59 Å². The number of hydrogen-bond acceptors (Lipinski definition) is 2. The number of benzene rings is 1. The molecule has 0 bridgehead atoms. The van der Waals surface area contributed by atoms with Crippen molar-refractivity contribution in [3.05, 3.63) is 28.2 Å². The summed E-state index contributed by atoms with van der Waals surface area (Å²) in [6.07, 6.45) is 1.98. The van der Waals surface area contributed by atoms with Gasteiger partial charge in [-0.1, -0.05) is 38.8 Å². The zero-order valence-corrected chi connectivity index (χ0v) is 13.8. The molecule has 102 valence electrons. The van der Waals surface area contributed by atoms with Crippen LogP contribution in [-0.4, -0.2) is 23.6 Å². The molecule has 0 N–H and O–H groups in total. The van der Waals surface area contributed by atoms with Crippen molar-refractivity contribution in [3.8, 4) is 0 Å². The first-order chi connectivity index (χ1) is 9.04. The Bertz CT molecular complexity index is 516. The van der Waals surface area contributed by atoms with Gasteiger partial charge in [0.05, 0.1) is 11.3 Å².